The van der Waals surface area contributed by atoms with Gasteiger partial charge in [0.2, 0.25) is 11.8 Å². The number of benzene rings is 1. The van der Waals surface area contributed by atoms with E-state index in [0.717, 1.165) is 6.42 Å². The molecule has 5 heteroatoms. The maximum atomic E-state index is 12.7. The molecule has 5 nitrogen and oxygen atoms in total. The molecule has 0 spiro atoms. The van der Waals surface area contributed by atoms with Gasteiger partial charge in [0.1, 0.15) is 5.75 Å². The summed E-state index contributed by atoms with van der Waals surface area (Å²) in [5.74, 6) is 0.000245. The summed E-state index contributed by atoms with van der Waals surface area (Å²) in [5.41, 5.74) is 0.592. The van der Waals surface area contributed by atoms with Crippen molar-refractivity contribution in [3.05, 3.63) is 24.3 Å². The number of aliphatic hydroxyl groups is 1. The normalized spacial score (nSPS) is 37.2. The minimum atomic E-state index is -0.427. The van der Waals surface area contributed by atoms with Crippen molar-refractivity contribution in [2.24, 2.45) is 23.7 Å². The summed E-state index contributed by atoms with van der Waals surface area (Å²) in [4.78, 5) is 26.6. The second-order valence-electron chi connectivity index (χ2n) is 6.22. The van der Waals surface area contributed by atoms with Crippen LogP contribution in [-0.4, -0.2) is 30.1 Å². The first-order valence-electron chi connectivity index (χ1n) is 7.31. The molecular formula is C16H17NO4. The summed E-state index contributed by atoms with van der Waals surface area (Å²) in [5, 5.41) is 10.00. The van der Waals surface area contributed by atoms with Crippen molar-refractivity contribution in [3.63, 3.8) is 0 Å². The molecule has 3 fully saturated rings. The van der Waals surface area contributed by atoms with Crippen molar-refractivity contribution in [2.45, 2.75) is 18.9 Å². The van der Waals surface area contributed by atoms with Crippen LogP contribution in [0.5, 0.6) is 5.75 Å². The number of fused-ring (bicyclic) bond motifs is 5. The Morgan fingerprint density at radius 1 is 1.10 bits per heavy atom. The largest absolute Gasteiger partial charge is 0.497 e. The first-order chi connectivity index (χ1) is 10.1. The number of hydrogen-bond acceptors (Lipinski definition) is 4. The molecule has 110 valence electrons. The highest BCUT2D eigenvalue weighted by atomic mass is 16.5. The summed E-state index contributed by atoms with van der Waals surface area (Å²) in [7, 11) is 1.57. The van der Waals surface area contributed by atoms with E-state index in [1.54, 1.807) is 31.4 Å². The lowest BCUT2D eigenvalue weighted by atomic mass is 9.80. The second-order valence-corrected chi connectivity index (χ2v) is 6.22. The molecule has 21 heavy (non-hydrogen) atoms. The van der Waals surface area contributed by atoms with Crippen molar-refractivity contribution in [1.82, 2.24) is 0 Å². The topological polar surface area (TPSA) is 66.8 Å². The van der Waals surface area contributed by atoms with E-state index in [1.807, 2.05) is 0 Å². The number of carbonyl (C=O) groups excluding carboxylic acids is 2. The van der Waals surface area contributed by atoms with Crippen molar-refractivity contribution in [3.8, 4) is 5.75 Å². The molecule has 3 aliphatic rings. The maximum absolute atomic E-state index is 12.7. The summed E-state index contributed by atoms with van der Waals surface area (Å²) >= 11 is 0. The predicted molar refractivity (Wildman–Crippen MR) is 74.7 cm³/mol. The van der Waals surface area contributed by atoms with Gasteiger partial charge in [0.05, 0.1) is 30.7 Å². The lowest BCUT2D eigenvalue weighted by molar-refractivity contribution is -0.123. The van der Waals surface area contributed by atoms with Gasteiger partial charge in [-0.25, -0.2) is 0 Å². The van der Waals surface area contributed by atoms with Gasteiger partial charge in [0, 0.05) is 0 Å². The van der Waals surface area contributed by atoms with E-state index in [0.29, 0.717) is 17.9 Å². The Kier molecular flexibility index (Phi) is 2.63. The Labute approximate surface area is 122 Å². The molecule has 1 aliphatic heterocycles. The zero-order chi connectivity index (χ0) is 14.7. The molecule has 1 aromatic rings. The van der Waals surface area contributed by atoms with Crippen LogP contribution in [0.4, 0.5) is 5.69 Å². The first kappa shape index (κ1) is 12.8. The van der Waals surface area contributed by atoms with Gasteiger partial charge < -0.3 is 9.84 Å². The molecule has 5 atom stereocenters. The molecule has 1 saturated heterocycles. The molecule has 5 unspecified atom stereocenters. The molecular weight excluding hydrogens is 270 g/mol. The van der Waals surface area contributed by atoms with E-state index in [9.17, 15) is 14.7 Å². The van der Waals surface area contributed by atoms with E-state index in [4.69, 9.17) is 4.74 Å². The second kappa shape index (κ2) is 4.31. The SMILES string of the molecule is COc1ccc(N2C(=O)C3C4CC(O)C(C4)C3C2=O)cc1. The fraction of sp³-hybridized carbons (Fsp3) is 0.500. The minimum Gasteiger partial charge on any atom is -0.497 e. The first-order valence-corrected chi connectivity index (χ1v) is 7.31. The Bertz CT molecular complexity index is 611. The lowest BCUT2D eigenvalue weighted by Gasteiger charge is -2.24. The van der Waals surface area contributed by atoms with Gasteiger partial charge in [-0.15, -0.1) is 0 Å². The highest BCUT2D eigenvalue weighted by Crippen LogP contribution is 2.56. The van der Waals surface area contributed by atoms with Gasteiger partial charge >= 0.3 is 0 Å². The number of aliphatic hydroxyl groups excluding tert-OH is 1. The van der Waals surface area contributed by atoms with Gasteiger partial charge in [-0.3, -0.25) is 14.5 Å². The quantitative estimate of drug-likeness (QED) is 0.830. The van der Waals surface area contributed by atoms with Crippen molar-refractivity contribution < 1.29 is 19.4 Å². The standard InChI is InChI=1S/C16H17NO4/c1-21-10-4-2-9(3-5-10)17-15(19)13-8-6-11(12(18)7-8)14(13)16(17)20/h2-5,8,11-14,18H,6-7H2,1H3. The van der Waals surface area contributed by atoms with E-state index in [1.165, 1.54) is 4.90 Å². The molecule has 2 bridgehead atoms. The number of amides is 2. The van der Waals surface area contributed by atoms with Crippen LogP contribution in [0, 0.1) is 23.7 Å². The Morgan fingerprint density at radius 3 is 2.43 bits per heavy atom. The van der Waals surface area contributed by atoms with Crippen LogP contribution in [0.15, 0.2) is 24.3 Å². The molecule has 1 aromatic carbocycles. The molecule has 1 heterocycles. The predicted octanol–water partition coefficient (Wildman–Crippen LogP) is 1.20. The third kappa shape index (κ3) is 1.61. The Hall–Kier alpha value is -1.88. The molecule has 1 N–H and O–H groups in total. The van der Waals surface area contributed by atoms with Gasteiger partial charge in [-0.2, -0.15) is 0 Å². The van der Waals surface area contributed by atoms with Crippen molar-refractivity contribution in [2.75, 3.05) is 12.0 Å². The third-order valence-corrected chi connectivity index (χ3v) is 5.31. The average Bonchev–Trinajstić information content (AvgIpc) is 3.11. The summed E-state index contributed by atoms with van der Waals surface area (Å²) in [6.45, 7) is 0. The van der Waals surface area contributed by atoms with Gasteiger partial charge in [-0.1, -0.05) is 0 Å². The van der Waals surface area contributed by atoms with Gasteiger partial charge in [0.15, 0.2) is 0 Å². The summed E-state index contributed by atoms with van der Waals surface area (Å²) in [6, 6.07) is 6.95. The smallest absolute Gasteiger partial charge is 0.238 e. The van der Waals surface area contributed by atoms with E-state index in [-0.39, 0.29) is 35.5 Å². The summed E-state index contributed by atoms with van der Waals surface area (Å²) in [6.07, 6.45) is 1.04. The number of imide groups is 1. The van der Waals surface area contributed by atoms with Crippen LogP contribution < -0.4 is 9.64 Å². The highest BCUT2D eigenvalue weighted by molar-refractivity contribution is 6.22. The van der Waals surface area contributed by atoms with E-state index >= 15 is 0 Å². The van der Waals surface area contributed by atoms with Crippen LogP contribution in [0.25, 0.3) is 0 Å². The maximum Gasteiger partial charge on any atom is 0.238 e. The number of nitrogens with zero attached hydrogens (tertiary/aromatic N) is 1. The van der Waals surface area contributed by atoms with Gasteiger partial charge in [-0.05, 0) is 48.9 Å². The monoisotopic (exact) mass is 287 g/mol. The number of carbonyl (C=O) groups is 2. The van der Waals surface area contributed by atoms with Gasteiger partial charge in [0.25, 0.3) is 0 Å². The van der Waals surface area contributed by atoms with Crippen LogP contribution in [0.3, 0.4) is 0 Å². The number of ether oxygens (including phenoxy) is 1. The number of anilines is 1. The van der Waals surface area contributed by atoms with Crippen molar-refractivity contribution >= 4 is 17.5 Å². The molecule has 4 rings (SSSR count). The minimum absolute atomic E-state index is 0.0419. The highest BCUT2D eigenvalue weighted by Gasteiger charge is 2.63. The van der Waals surface area contributed by atoms with Crippen LogP contribution in [0.2, 0.25) is 0 Å². The fourth-order valence-electron chi connectivity index (χ4n) is 4.41. The number of rotatable bonds is 2. The van der Waals surface area contributed by atoms with Crippen LogP contribution in [-0.2, 0) is 9.59 Å². The van der Waals surface area contributed by atoms with Crippen LogP contribution >= 0.6 is 0 Å². The zero-order valence-electron chi connectivity index (χ0n) is 11.7. The molecule has 2 aliphatic carbocycles. The fourth-order valence-corrected chi connectivity index (χ4v) is 4.41. The van der Waals surface area contributed by atoms with E-state index < -0.39 is 6.10 Å². The summed E-state index contributed by atoms with van der Waals surface area (Å²) < 4.78 is 5.10. The molecule has 2 saturated carbocycles. The zero-order valence-corrected chi connectivity index (χ0v) is 11.7. The van der Waals surface area contributed by atoms with E-state index in [2.05, 4.69) is 0 Å². The van der Waals surface area contributed by atoms with Crippen LogP contribution in [0.1, 0.15) is 12.8 Å². The molecule has 2 amide bonds. The molecule has 0 radical (unpaired) electrons. The third-order valence-electron chi connectivity index (χ3n) is 5.31. The molecule has 0 aromatic heterocycles. The average molecular weight is 287 g/mol. The number of methoxy groups -OCH3 is 1. The van der Waals surface area contributed by atoms with Crippen molar-refractivity contribution in [1.29, 1.82) is 0 Å². The Balaban J connectivity index is 1.68. The lowest BCUT2D eigenvalue weighted by Crippen LogP contribution is -2.34. The Morgan fingerprint density at radius 2 is 1.76 bits per heavy atom. The number of hydrogen-bond donors (Lipinski definition) is 1.